The van der Waals surface area contributed by atoms with Crippen molar-refractivity contribution in [3.8, 4) is 0 Å². The van der Waals surface area contributed by atoms with Gasteiger partial charge in [0.15, 0.2) is 0 Å². The average molecular weight is 293 g/mol. The van der Waals surface area contributed by atoms with E-state index in [4.69, 9.17) is 9.84 Å². The number of aliphatic hydroxyl groups excluding tert-OH is 2. The van der Waals surface area contributed by atoms with Gasteiger partial charge < -0.3 is 20.3 Å². The van der Waals surface area contributed by atoms with Crippen molar-refractivity contribution < 1.29 is 19.7 Å². The molecule has 0 spiro atoms. The second-order valence-corrected chi connectivity index (χ2v) is 5.69. The van der Waals surface area contributed by atoms with Crippen molar-refractivity contribution in [2.75, 3.05) is 6.61 Å². The van der Waals surface area contributed by atoms with E-state index >= 15 is 0 Å². The Morgan fingerprint density at radius 1 is 1.33 bits per heavy atom. The van der Waals surface area contributed by atoms with E-state index in [1.807, 2.05) is 30.3 Å². The molecule has 0 aliphatic heterocycles. The Labute approximate surface area is 125 Å². The third kappa shape index (κ3) is 6.92. The second-order valence-electron chi connectivity index (χ2n) is 5.69. The van der Waals surface area contributed by atoms with Crippen LogP contribution in [0.4, 0.5) is 4.79 Å². The van der Waals surface area contributed by atoms with Crippen LogP contribution in [-0.2, 0) is 4.74 Å². The van der Waals surface area contributed by atoms with Crippen LogP contribution >= 0.6 is 0 Å². The van der Waals surface area contributed by atoms with Crippen molar-refractivity contribution in [3.05, 3.63) is 42.0 Å². The number of aliphatic hydroxyl groups is 2. The van der Waals surface area contributed by atoms with E-state index < -0.39 is 30.4 Å². The number of benzene rings is 1. The summed E-state index contributed by atoms with van der Waals surface area (Å²) in [6.45, 7) is 4.80. The van der Waals surface area contributed by atoms with E-state index in [1.54, 1.807) is 32.9 Å². The summed E-state index contributed by atoms with van der Waals surface area (Å²) in [5.41, 5.74) is 0.306. The lowest BCUT2D eigenvalue weighted by atomic mass is 10.1. The summed E-state index contributed by atoms with van der Waals surface area (Å²) in [5, 5.41) is 21.4. The van der Waals surface area contributed by atoms with Gasteiger partial charge in [-0.15, -0.1) is 0 Å². The lowest BCUT2D eigenvalue weighted by Crippen LogP contribution is -2.45. The number of rotatable bonds is 5. The van der Waals surface area contributed by atoms with E-state index in [0.717, 1.165) is 5.56 Å². The summed E-state index contributed by atoms with van der Waals surface area (Å²) in [6.07, 6.45) is 1.65. The Kier molecular flexibility index (Phi) is 6.39. The standard InChI is InChI=1S/C16H23NO4/c1-16(2,3)21-15(20)17-13(14(19)11-18)10-9-12-7-5-4-6-8-12/h4-10,13-14,18-19H,11H2,1-3H3,(H,17,20)/b10-9+/t13-,14?/m0/s1. The SMILES string of the molecule is CC(C)(C)OC(=O)N[C@@H](/C=C/c1ccccc1)C(O)CO. The molecular weight excluding hydrogens is 270 g/mol. The Morgan fingerprint density at radius 2 is 1.95 bits per heavy atom. The zero-order chi connectivity index (χ0) is 15.9. The number of amides is 1. The highest BCUT2D eigenvalue weighted by molar-refractivity contribution is 5.69. The van der Waals surface area contributed by atoms with Gasteiger partial charge in [-0.2, -0.15) is 0 Å². The average Bonchev–Trinajstić information content (AvgIpc) is 2.41. The number of hydrogen-bond acceptors (Lipinski definition) is 4. The van der Waals surface area contributed by atoms with Crippen LogP contribution in [0.5, 0.6) is 0 Å². The number of carbonyl (C=O) groups is 1. The first-order valence-corrected chi connectivity index (χ1v) is 6.83. The van der Waals surface area contributed by atoms with Gasteiger partial charge in [0.25, 0.3) is 0 Å². The minimum atomic E-state index is -1.10. The molecule has 1 aromatic carbocycles. The quantitative estimate of drug-likeness (QED) is 0.775. The summed E-state index contributed by atoms with van der Waals surface area (Å²) < 4.78 is 5.14. The van der Waals surface area contributed by atoms with Gasteiger partial charge in [0.1, 0.15) is 11.7 Å². The molecule has 21 heavy (non-hydrogen) atoms. The molecule has 3 N–H and O–H groups in total. The van der Waals surface area contributed by atoms with Crippen LogP contribution in [0.15, 0.2) is 36.4 Å². The molecule has 0 aromatic heterocycles. The summed E-state index contributed by atoms with van der Waals surface area (Å²) in [5.74, 6) is 0. The molecule has 1 aromatic rings. The Balaban J connectivity index is 2.73. The summed E-state index contributed by atoms with van der Waals surface area (Å²) in [6, 6.07) is 8.73. The van der Waals surface area contributed by atoms with Gasteiger partial charge in [0, 0.05) is 0 Å². The zero-order valence-corrected chi connectivity index (χ0v) is 12.6. The van der Waals surface area contributed by atoms with E-state index in [2.05, 4.69) is 5.32 Å². The largest absolute Gasteiger partial charge is 0.444 e. The highest BCUT2D eigenvalue weighted by Gasteiger charge is 2.22. The second kappa shape index (κ2) is 7.81. The molecule has 5 nitrogen and oxygen atoms in total. The Hall–Kier alpha value is -1.85. The van der Waals surface area contributed by atoms with Crippen molar-refractivity contribution >= 4 is 12.2 Å². The smallest absolute Gasteiger partial charge is 0.408 e. The summed E-state index contributed by atoms with van der Waals surface area (Å²) in [7, 11) is 0. The topological polar surface area (TPSA) is 78.8 Å². The fourth-order valence-electron chi connectivity index (χ4n) is 1.61. The predicted octanol–water partition coefficient (Wildman–Crippen LogP) is 1.95. The molecule has 0 aliphatic carbocycles. The van der Waals surface area contributed by atoms with E-state index in [1.165, 1.54) is 0 Å². The molecule has 2 atom stereocenters. The molecular formula is C16H23NO4. The van der Waals surface area contributed by atoms with Crippen molar-refractivity contribution in [1.29, 1.82) is 0 Å². The van der Waals surface area contributed by atoms with Crippen LogP contribution < -0.4 is 5.32 Å². The highest BCUT2D eigenvalue weighted by Crippen LogP contribution is 2.09. The Morgan fingerprint density at radius 3 is 2.48 bits per heavy atom. The van der Waals surface area contributed by atoms with Crippen LogP contribution in [0, 0.1) is 0 Å². The van der Waals surface area contributed by atoms with Crippen molar-refractivity contribution in [3.63, 3.8) is 0 Å². The summed E-state index contributed by atoms with van der Waals surface area (Å²) >= 11 is 0. The normalized spacial score (nSPS) is 14.7. The minimum Gasteiger partial charge on any atom is -0.444 e. The van der Waals surface area contributed by atoms with Gasteiger partial charge in [-0.3, -0.25) is 0 Å². The molecule has 0 bridgehead atoms. The lowest BCUT2D eigenvalue weighted by Gasteiger charge is -2.24. The highest BCUT2D eigenvalue weighted by atomic mass is 16.6. The van der Waals surface area contributed by atoms with E-state index in [0.29, 0.717) is 0 Å². The maximum atomic E-state index is 11.7. The first kappa shape index (κ1) is 17.2. The van der Waals surface area contributed by atoms with Gasteiger partial charge in [-0.25, -0.2) is 4.79 Å². The van der Waals surface area contributed by atoms with E-state index in [9.17, 15) is 9.90 Å². The van der Waals surface area contributed by atoms with Crippen LogP contribution in [0.2, 0.25) is 0 Å². The fraction of sp³-hybridized carbons (Fsp3) is 0.438. The molecule has 0 aliphatic rings. The van der Waals surface area contributed by atoms with Gasteiger partial charge >= 0.3 is 6.09 Å². The number of nitrogens with one attached hydrogen (secondary N) is 1. The summed E-state index contributed by atoms with van der Waals surface area (Å²) in [4.78, 5) is 11.7. The number of hydrogen-bond donors (Lipinski definition) is 3. The minimum absolute atomic E-state index is 0.459. The molecule has 0 saturated carbocycles. The van der Waals surface area contributed by atoms with Crippen molar-refractivity contribution in [2.24, 2.45) is 0 Å². The van der Waals surface area contributed by atoms with Crippen LogP contribution in [0.25, 0.3) is 6.08 Å². The third-order valence-corrected chi connectivity index (χ3v) is 2.58. The van der Waals surface area contributed by atoms with Gasteiger partial charge in [0.2, 0.25) is 0 Å². The molecule has 0 saturated heterocycles. The van der Waals surface area contributed by atoms with Crippen LogP contribution in [-0.4, -0.2) is 40.7 Å². The Bertz CT molecular complexity index is 465. The zero-order valence-electron chi connectivity index (χ0n) is 12.6. The molecule has 0 heterocycles. The van der Waals surface area contributed by atoms with Crippen LogP contribution in [0.3, 0.4) is 0 Å². The van der Waals surface area contributed by atoms with Gasteiger partial charge in [-0.1, -0.05) is 42.5 Å². The molecule has 1 unspecified atom stereocenters. The van der Waals surface area contributed by atoms with E-state index in [-0.39, 0.29) is 0 Å². The molecule has 5 heteroatoms. The van der Waals surface area contributed by atoms with Gasteiger partial charge in [-0.05, 0) is 26.3 Å². The molecule has 116 valence electrons. The molecule has 1 amide bonds. The van der Waals surface area contributed by atoms with Gasteiger partial charge in [0.05, 0.1) is 12.6 Å². The monoisotopic (exact) mass is 293 g/mol. The maximum absolute atomic E-state index is 11.7. The predicted molar refractivity (Wildman–Crippen MR) is 81.7 cm³/mol. The first-order chi connectivity index (χ1) is 9.81. The number of alkyl carbamates (subject to hydrolysis) is 1. The third-order valence-electron chi connectivity index (χ3n) is 2.58. The van der Waals surface area contributed by atoms with Crippen LogP contribution in [0.1, 0.15) is 26.3 Å². The first-order valence-electron chi connectivity index (χ1n) is 6.83. The molecule has 0 radical (unpaired) electrons. The molecule has 1 rings (SSSR count). The number of carbonyl (C=O) groups excluding carboxylic acids is 1. The number of ether oxygens (including phenoxy) is 1. The maximum Gasteiger partial charge on any atom is 0.408 e. The van der Waals surface area contributed by atoms with Crippen molar-refractivity contribution in [1.82, 2.24) is 5.32 Å². The lowest BCUT2D eigenvalue weighted by molar-refractivity contribution is 0.0382. The fourth-order valence-corrected chi connectivity index (χ4v) is 1.61. The molecule has 0 fully saturated rings. The van der Waals surface area contributed by atoms with Crippen molar-refractivity contribution in [2.45, 2.75) is 38.5 Å².